The van der Waals surface area contributed by atoms with Crippen LogP contribution in [0.25, 0.3) is 10.9 Å². The van der Waals surface area contributed by atoms with Gasteiger partial charge in [0.15, 0.2) is 16.3 Å². The molecule has 0 aliphatic rings. The lowest BCUT2D eigenvalue weighted by Gasteiger charge is -2.03. The third-order valence-electron chi connectivity index (χ3n) is 2.30. The van der Waals surface area contributed by atoms with E-state index in [0.29, 0.717) is 0 Å². The Hall–Kier alpha value is -0.960. The Morgan fingerprint density at radius 3 is 2.93 bits per heavy atom. The van der Waals surface area contributed by atoms with Gasteiger partial charge in [0.05, 0.1) is 0 Å². The Labute approximate surface area is 91.9 Å². The molecule has 0 radical (unpaired) electrons. The predicted octanol–water partition coefficient (Wildman–Crippen LogP) is 3.74. The van der Waals surface area contributed by atoms with Crippen molar-refractivity contribution in [2.75, 3.05) is 0 Å². The number of aromatic nitrogens is 1. The van der Waals surface area contributed by atoms with Gasteiger partial charge in [0.2, 0.25) is 0 Å². The number of halogens is 1. The summed E-state index contributed by atoms with van der Waals surface area (Å²) in [6.45, 7) is 3.25. The maximum atomic E-state index is 4.99. The molecule has 0 atom stereocenters. The molecule has 14 heavy (non-hydrogen) atoms. The maximum absolute atomic E-state index is 4.99. The van der Waals surface area contributed by atoms with Crippen LogP contribution in [0, 0.1) is 0 Å². The van der Waals surface area contributed by atoms with Gasteiger partial charge in [-0.3, -0.25) is 0 Å². The molecule has 0 aliphatic heterocycles. The van der Waals surface area contributed by atoms with Crippen molar-refractivity contribution >= 4 is 27.2 Å². The van der Waals surface area contributed by atoms with Gasteiger partial charge in [-0.15, -0.1) is 0 Å². The van der Waals surface area contributed by atoms with E-state index >= 15 is 0 Å². The molecule has 0 unspecified atom stereocenters. The second kappa shape index (κ2) is 4.05. The molecule has 1 aromatic carbocycles. The van der Waals surface area contributed by atoms with E-state index in [4.69, 9.17) is 3.83 Å². The number of hydrogen-bond donors (Lipinski definition) is 0. The highest BCUT2D eigenvalue weighted by Gasteiger charge is 2.01. The predicted molar refractivity (Wildman–Crippen MR) is 61.8 cm³/mol. The summed E-state index contributed by atoms with van der Waals surface area (Å²) in [4.78, 5) is 0. The van der Waals surface area contributed by atoms with Crippen LogP contribution in [0.4, 0.5) is 0 Å². The van der Waals surface area contributed by atoms with Gasteiger partial charge >= 0.3 is 0 Å². The summed E-state index contributed by atoms with van der Waals surface area (Å²) in [5.74, 6) is 0.840. The summed E-state index contributed by atoms with van der Waals surface area (Å²) < 4.78 is 7.25. The molecule has 0 bridgehead atoms. The number of aryl methyl sites for hydroxylation is 1. The molecule has 2 aromatic rings. The fourth-order valence-electron chi connectivity index (χ4n) is 1.66. The van der Waals surface area contributed by atoms with E-state index in [1.165, 1.54) is 10.9 Å². The Kier molecular flexibility index (Phi) is 2.77. The first-order valence-electron chi connectivity index (χ1n) is 4.72. The van der Waals surface area contributed by atoms with Gasteiger partial charge in [-0.05, 0) is 30.7 Å². The van der Waals surface area contributed by atoms with Crippen molar-refractivity contribution in [3.63, 3.8) is 0 Å². The van der Waals surface area contributed by atoms with Gasteiger partial charge in [-0.1, -0.05) is 6.92 Å². The minimum Gasteiger partial charge on any atom is -0.418 e. The number of hydrogen-bond acceptors (Lipinski definition) is 1. The van der Waals surface area contributed by atoms with Crippen molar-refractivity contribution in [2.45, 2.75) is 19.9 Å². The Balaban J connectivity index is 2.48. The highest BCUT2D eigenvalue weighted by Crippen LogP contribution is 2.23. The van der Waals surface area contributed by atoms with Crippen molar-refractivity contribution < 1.29 is 3.83 Å². The average molecular weight is 254 g/mol. The molecule has 0 spiro atoms. The summed E-state index contributed by atoms with van der Waals surface area (Å²) in [5, 5.41) is 1.22. The van der Waals surface area contributed by atoms with E-state index in [-0.39, 0.29) is 0 Å². The van der Waals surface area contributed by atoms with Crippen molar-refractivity contribution in [1.82, 2.24) is 4.57 Å². The van der Waals surface area contributed by atoms with Crippen LogP contribution < -0.4 is 3.83 Å². The summed E-state index contributed by atoms with van der Waals surface area (Å²) in [7, 11) is 0. The monoisotopic (exact) mass is 253 g/mol. The van der Waals surface area contributed by atoms with Gasteiger partial charge < -0.3 is 8.40 Å². The second-order valence-electron chi connectivity index (χ2n) is 3.31. The molecule has 1 aromatic heterocycles. The molecule has 0 saturated carbocycles. The van der Waals surface area contributed by atoms with Crippen LogP contribution in [0.2, 0.25) is 0 Å². The number of benzene rings is 1. The van der Waals surface area contributed by atoms with Gasteiger partial charge in [0.25, 0.3) is 0 Å². The van der Waals surface area contributed by atoms with E-state index < -0.39 is 0 Å². The third-order valence-corrected chi connectivity index (χ3v) is 2.67. The van der Waals surface area contributed by atoms with E-state index in [1.54, 1.807) is 0 Å². The van der Waals surface area contributed by atoms with Crippen molar-refractivity contribution in [3.8, 4) is 5.75 Å². The summed E-state index contributed by atoms with van der Waals surface area (Å²) in [6.07, 6.45) is 3.27. The normalized spacial score (nSPS) is 10.7. The van der Waals surface area contributed by atoms with Crippen molar-refractivity contribution in [2.24, 2.45) is 0 Å². The highest BCUT2D eigenvalue weighted by molar-refractivity contribution is 9.06. The molecule has 0 N–H and O–H groups in total. The number of nitrogens with zero attached hydrogens (tertiary/aromatic N) is 1. The van der Waals surface area contributed by atoms with E-state index in [0.717, 1.165) is 18.7 Å². The molecule has 0 fully saturated rings. The molecular weight excluding hydrogens is 242 g/mol. The topological polar surface area (TPSA) is 14.2 Å². The van der Waals surface area contributed by atoms with Crippen LogP contribution in [-0.2, 0) is 6.54 Å². The van der Waals surface area contributed by atoms with Crippen LogP contribution in [0.15, 0.2) is 30.5 Å². The quantitative estimate of drug-likeness (QED) is 0.813. The van der Waals surface area contributed by atoms with Crippen molar-refractivity contribution in [3.05, 3.63) is 30.5 Å². The van der Waals surface area contributed by atoms with Crippen LogP contribution in [0.5, 0.6) is 5.75 Å². The summed E-state index contributed by atoms with van der Waals surface area (Å²) in [5.41, 5.74) is 1.26. The molecule has 0 amide bonds. The molecule has 2 nitrogen and oxygen atoms in total. The van der Waals surface area contributed by atoms with Gasteiger partial charge in [0.1, 0.15) is 5.75 Å². The molecule has 74 valence electrons. The Bertz CT molecular complexity index is 436. The van der Waals surface area contributed by atoms with E-state index in [1.807, 2.05) is 12.1 Å². The maximum Gasteiger partial charge on any atom is 0.179 e. The lowest BCUT2D eigenvalue weighted by Crippen LogP contribution is -1.93. The lowest BCUT2D eigenvalue weighted by molar-refractivity contribution is 0.678. The standard InChI is InChI=1S/C11H12BrNO/c1-2-6-13-7-5-9-8-10(14-12)3-4-11(9)13/h3-5,7-8H,2,6H2,1H3. The first-order valence-corrected chi connectivity index (χ1v) is 5.37. The van der Waals surface area contributed by atoms with Gasteiger partial charge in [-0.25, -0.2) is 0 Å². The average Bonchev–Trinajstić information content (AvgIpc) is 2.61. The highest BCUT2D eigenvalue weighted by atomic mass is 79.9. The SMILES string of the molecule is CCCn1ccc2cc(OBr)ccc21. The number of fused-ring (bicyclic) bond motifs is 1. The Morgan fingerprint density at radius 1 is 1.36 bits per heavy atom. The van der Waals surface area contributed by atoms with Crippen LogP contribution in [-0.4, -0.2) is 4.57 Å². The van der Waals surface area contributed by atoms with Crippen molar-refractivity contribution in [1.29, 1.82) is 0 Å². The molecular formula is C11H12BrNO. The zero-order valence-corrected chi connectivity index (χ0v) is 9.62. The third kappa shape index (κ3) is 1.64. The number of rotatable bonds is 3. The molecule has 1 heterocycles. The molecule has 0 aliphatic carbocycles. The van der Waals surface area contributed by atoms with E-state index in [2.05, 4.69) is 46.1 Å². The zero-order valence-electron chi connectivity index (χ0n) is 8.03. The Morgan fingerprint density at radius 2 is 2.21 bits per heavy atom. The smallest absolute Gasteiger partial charge is 0.179 e. The summed E-state index contributed by atoms with van der Waals surface area (Å²) in [6, 6.07) is 8.18. The molecule has 2 rings (SSSR count). The first kappa shape index (κ1) is 9.59. The molecule has 0 saturated heterocycles. The fourth-order valence-corrected chi connectivity index (χ4v) is 1.86. The minimum absolute atomic E-state index is 0.840. The summed E-state index contributed by atoms with van der Waals surface area (Å²) >= 11 is 2.97. The van der Waals surface area contributed by atoms with Gasteiger partial charge in [0, 0.05) is 23.6 Å². The van der Waals surface area contributed by atoms with Crippen LogP contribution >= 0.6 is 16.3 Å². The van der Waals surface area contributed by atoms with E-state index in [9.17, 15) is 0 Å². The minimum atomic E-state index is 0.840. The van der Waals surface area contributed by atoms with Gasteiger partial charge in [-0.2, -0.15) is 0 Å². The largest absolute Gasteiger partial charge is 0.418 e. The molecule has 3 heteroatoms. The van der Waals surface area contributed by atoms with Crippen LogP contribution in [0.1, 0.15) is 13.3 Å². The fraction of sp³-hybridized carbons (Fsp3) is 0.273. The second-order valence-corrected chi connectivity index (χ2v) is 3.63. The lowest BCUT2D eigenvalue weighted by atomic mass is 10.2. The zero-order chi connectivity index (χ0) is 9.97. The van der Waals surface area contributed by atoms with Crippen LogP contribution in [0.3, 0.4) is 0 Å². The first-order chi connectivity index (χ1) is 6.85.